The molecule has 0 unspecified atom stereocenters. The van der Waals surface area contributed by atoms with E-state index in [1.165, 1.54) is 23.5 Å². The van der Waals surface area contributed by atoms with E-state index in [2.05, 4.69) is 27.5 Å². The number of rotatable bonds is 9. The monoisotopic (exact) mass is 269 g/mol. The third-order valence-electron chi connectivity index (χ3n) is 3.14. The van der Waals surface area contributed by atoms with Crippen LogP contribution in [0.5, 0.6) is 0 Å². The van der Waals surface area contributed by atoms with Crippen LogP contribution in [0.15, 0.2) is 5.38 Å². The molecule has 1 aromatic rings. The summed E-state index contributed by atoms with van der Waals surface area (Å²) in [7, 11) is 1.77. The van der Waals surface area contributed by atoms with Gasteiger partial charge in [0, 0.05) is 38.2 Å². The fourth-order valence-corrected chi connectivity index (χ4v) is 2.74. The first kappa shape index (κ1) is 13.9. The lowest BCUT2D eigenvalue weighted by Gasteiger charge is -2.20. The summed E-state index contributed by atoms with van der Waals surface area (Å²) < 4.78 is 5.18. The number of methoxy groups -OCH3 is 1. The van der Waals surface area contributed by atoms with E-state index in [-0.39, 0.29) is 0 Å². The Morgan fingerprint density at radius 1 is 1.56 bits per heavy atom. The van der Waals surface area contributed by atoms with Crippen LogP contribution in [0.2, 0.25) is 0 Å². The van der Waals surface area contributed by atoms with Gasteiger partial charge in [0.15, 0.2) is 0 Å². The molecule has 4 nitrogen and oxygen atoms in total. The highest BCUT2D eigenvalue weighted by Crippen LogP contribution is 2.28. The molecule has 0 radical (unpaired) electrons. The summed E-state index contributed by atoms with van der Waals surface area (Å²) >= 11 is 1.76. The molecule has 1 heterocycles. The molecular weight excluding hydrogens is 246 g/mol. The van der Waals surface area contributed by atoms with Gasteiger partial charge in [-0.05, 0) is 19.4 Å². The maximum atomic E-state index is 5.18. The number of nitrogens with zero attached hydrogens (tertiary/aromatic N) is 2. The molecule has 0 atom stereocenters. The molecule has 0 spiro atoms. The topological polar surface area (TPSA) is 37.4 Å². The van der Waals surface area contributed by atoms with Crippen molar-refractivity contribution in [1.82, 2.24) is 15.2 Å². The van der Waals surface area contributed by atoms with Gasteiger partial charge in [0.1, 0.15) is 5.01 Å². The van der Waals surface area contributed by atoms with E-state index in [1.807, 2.05) is 0 Å². The number of thiazole rings is 1. The Labute approximate surface area is 113 Å². The largest absolute Gasteiger partial charge is 0.383 e. The maximum absolute atomic E-state index is 5.18. The number of hydrogen-bond acceptors (Lipinski definition) is 5. The molecule has 1 saturated carbocycles. The van der Waals surface area contributed by atoms with Gasteiger partial charge in [-0.15, -0.1) is 11.3 Å². The number of ether oxygens (including phenoxy) is 1. The Bertz CT molecular complexity index is 352. The highest BCUT2D eigenvalue weighted by molar-refractivity contribution is 7.09. The number of nitrogens with one attached hydrogen (secondary N) is 1. The van der Waals surface area contributed by atoms with Crippen molar-refractivity contribution in [2.24, 2.45) is 0 Å². The van der Waals surface area contributed by atoms with E-state index in [0.717, 1.165) is 38.8 Å². The molecule has 1 fully saturated rings. The predicted molar refractivity (Wildman–Crippen MR) is 74.8 cm³/mol. The van der Waals surface area contributed by atoms with Gasteiger partial charge in [-0.2, -0.15) is 0 Å². The fourth-order valence-electron chi connectivity index (χ4n) is 1.98. The molecule has 1 N–H and O–H groups in total. The van der Waals surface area contributed by atoms with Crippen LogP contribution in [0.4, 0.5) is 0 Å². The van der Waals surface area contributed by atoms with Crippen molar-refractivity contribution >= 4 is 11.3 Å². The van der Waals surface area contributed by atoms with Crippen LogP contribution in [0, 0.1) is 0 Å². The first-order valence-corrected chi connectivity index (χ1v) is 7.58. The third-order valence-corrected chi connectivity index (χ3v) is 4.03. The van der Waals surface area contributed by atoms with Crippen molar-refractivity contribution in [3.05, 3.63) is 16.1 Å². The second kappa shape index (κ2) is 7.19. The van der Waals surface area contributed by atoms with Gasteiger partial charge < -0.3 is 10.1 Å². The Kier molecular flexibility index (Phi) is 5.56. The zero-order valence-corrected chi connectivity index (χ0v) is 12.1. The molecule has 0 amide bonds. The van der Waals surface area contributed by atoms with Gasteiger partial charge in [0.05, 0.1) is 12.3 Å². The molecule has 0 saturated heterocycles. The van der Waals surface area contributed by atoms with Crippen LogP contribution in [0.3, 0.4) is 0 Å². The maximum Gasteiger partial charge on any atom is 0.107 e. The summed E-state index contributed by atoms with van der Waals surface area (Å²) in [5.41, 5.74) is 1.20. The van der Waals surface area contributed by atoms with Crippen LogP contribution in [-0.4, -0.2) is 42.7 Å². The van der Waals surface area contributed by atoms with Crippen molar-refractivity contribution < 1.29 is 4.74 Å². The van der Waals surface area contributed by atoms with Crippen molar-refractivity contribution in [3.63, 3.8) is 0 Å². The second-order valence-electron chi connectivity index (χ2n) is 4.71. The van der Waals surface area contributed by atoms with Crippen LogP contribution < -0.4 is 5.32 Å². The normalized spacial score (nSPS) is 15.5. The average Bonchev–Trinajstić information content (AvgIpc) is 3.13. The van der Waals surface area contributed by atoms with Crippen LogP contribution >= 0.6 is 11.3 Å². The van der Waals surface area contributed by atoms with Crippen molar-refractivity contribution in [2.45, 2.75) is 38.9 Å². The number of aromatic nitrogens is 1. The summed E-state index contributed by atoms with van der Waals surface area (Å²) in [5, 5.41) is 6.69. The Morgan fingerprint density at radius 3 is 3.06 bits per heavy atom. The molecule has 5 heteroatoms. The molecule has 2 rings (SSSR count). The zero-order valence-electron chi connectivity index (χ0n) is 11.3. The van der Waals surface area contributed by atoms with Crippen LogP contribution in [0.25, 0.3) is 0 Å². The summed E-state index contributed by atoms with van der Waals surface area (Å²) in [5.74, 6) is 0. The smallest absolute Gasteiger partial charge is 0.107 e. The van der Waals surface area contributed by atoms with Gasteiger partial charge in [-0.1, -0.05) is 6.92 Å². The third kappa shape index (κ3) is 4.31. The molecule has 1 aliphatic rings. The van der Waals surface area contributed by atoms with Gasteiger partial charge >= 0.3 is 0 Å². The Hall–Kier alpha value is -0.490. The summed E-state index contributed by atoms with van der Waals surface area (Å²) in [4.78, 5) is 7.17. The van der Waals surface area contributed by atoms with Crippen molar-refractivity contribution in [2.75, 3.05) is 26.8 Å². The minimum absolute atomic E-state index is 0.763. The SMILES string of the molecule is CCNCc1nc(CN(CCOC)C2CC2)cs1. The lowest BCUT2D eigenvalue weighted by molar-refractivity contribution is 0.139. The van der Waals surface area contributed by atoms with E-state index >= 15 is 0 Å². The Morgan fingerprint density at radius 2 is 2.39 bits per heavy atom. The summed E-state index contributed by atoms with van der Waals surface area (Å²) in [6.07, 6.45) is 2.66. The minimum atomic E-state index is 0.763. The van der Waals surface area contributed by atoms with Gasteiger partial charge in [0.2, 0.25) is 0 Å². The standard InChI is InChI=1S/C13H23N3OS/c1-3-14-8-13-15-11(10-18-13)9-16(6-7-17-2)12-4-5-12/h10,12,14H,3-9H2,1-2H3. The molecule has 1 aliphatic carbocycles. The van der Waals surface area contributed by atoms with E-state index in [4.69, 9.17) is 4.74 Å². The van der Waals surface area contributed by atoms with Crippen LogP contribution in [-0.2, 0) is 17.8 Å². The van der Waals surface area contributed by atoms with E-state index in [1.54, 1.807) is 18.4 Å². The quantitative estimate of drug-likeness (QED) is 0.742. The summed E-state index contributed by atoms with van der Waals surface area (Å²) in [6, 6.07) is 0.763. The van der Waals surface area contributed by atoms with Crippen molar-refractivity contribution in [3.8, 4) is 0 Å². The first-order valence-electron chi connectivity index (χ1n) is 6.70. The highest BCUT2D eigenvalue weighted by Gasteiger charge is 2.28. The lowest BCUT2D eigenvalue weighted by atomic mass is 10.4. The Balaban J connectivity index is 1.83. The average molecular weight is 269 g/mol. The molecule has 0 aliphatic heterocycles. The molecule has 1 aromatic heterocycles. The van der Waals surface area contributed by atoms with E-state index in [9.17, 15) is 0 Å². The molecular formula is C13H23N3OS. The van der Waals surface area contributed by atoms with Gasteiger partial charge in [-0.3, -0.25) is 4.90 Å². The van der Waals surface area contributed by atoms with Crippen molar-refractivity contribution in [1.29, 1.82) is 0 Å². The fraction of sp³-hybridized carbons (Fsp3) is 0.769. The molecule has 18 heavy (non-hydrogen) atoms. The molecule has 0 aromatic carbocycles. The molecule has 102 valence electrons. The van der Waals surface area contributed by atoms with Gasteiger partial charge in [0.25, 0.3) is 0 Å². The van der Waals surface area contributed by atoms with E-state index in [0.29, 0.717) is 0 Å². The van der Waals surface area contributed by atoms with E-state index < -0.39 is 0 Å². The predicted octanol–water partition coefficient (Wildman–Crippen LogP) is 1.86. The highest BCUT2D eigenvalue weighted by atomic mass is 32.1. The molecule has 0 bridgehead atoms. The summed E-state index contributed by atoms with van der Waals surface area (Å²) in [6.45, 7) is 6.80. The van der Waals surface area contributed by atoms with Gasteiger partial charge in [-0.25, -0.2) is 4.98 Å². The lowest BCUT2D eigenvalue weighted by Crippen LogP contribution is -2.29. The zero-order chi connectivity index (χ0) is 12.8. The second-order valence-corrected chi connectivity index (χ2v) is 5.65. The minimum Gasteiger partial charge on any atom is -0.383 e. The van der Waals surface area contributed by atoms with Crippen LogP contribution in [0.1, 0.15) is 30.5 Å². The first-order chi connectivity index (χ1) is 8.83. The number of hydrogen-bond donors (Lipinski definition) is 1.